The van der Waals surface area contributed by atoms with Crippen LogP contribution in [-0.2, 0) is 21.2 Å². The van der Waals surface area contributed by atoms with Gasteiger partial charge in [-0.1, -0.05) is 5.16 Å². The number of halogens is 1. The lowest BCUT2D eigenvalue weighted by molar-refractivity contribution is -0.116. The quantitative estimate of drug-likeness (QED) is 0.689. The first kappa shape index (κ1) is 19.6. The maximum Gasteiger partial charge on any atom is 0.244 e. The van der Waals surface area contributed by atoms with Crippen LogP contribution in [0.2, 0.25) is 0 Å². The highest BCUT2D eigenvalue weighted by atomic mass is 79.9. The first-order chi connectivity index (χ1) is 13.2. The topological polar surface area (TPSA) is 83.7 Å². The Morgan fingerprint density at radius 2 is 2.04 bits per heavy atom. The molecule has 4 rings (SSSR count). The van der Waals surface area contributed by atoms with Gasteiger partial charge in [0.1, 0.15) is 5.76 Å². The summed E-state index contributed by atoms with van der Waals surface area (Å²) in [5.41, 5.74) is 3.23. The first-order valence-corrected chi connectivity index (χ1v) is 11.5. The summed E-state index contributed by atoms with van der Waals surface area (Å²) in [5.74, 6) is 0.569. The van der Waals surface area contributed by atoms with Crippen LogP contribution >= 0.6 is 15.9 Å². The van der Waals surface area contributed by atoms with E-state index in [1.165, 1.54) is 6.92 Å². The van der Waals surface area contributed by atoms with Gasteiger partial charge in [0.25, 0.3) is 0 Å². The molecule has 0 radical (unpaired) electrons. The summed E-state index contributed by atoms with van der Waals surface area (Å²) in [6.07, 6.45) is 2.22. The predicted molar refractivity (Wildman–Crippen MR) is 108 cm³/mol. The van der Waals surface area contributed by atoms with Gasteiger partial charge >= 0.3 is 0 Å². The molecule has 0 aliphatic carbocycles. The molecule has 7 nitrogen and oxygen atoms in total. The number of benzene rings is 1. The van der Waals surface area contributed by atoms with E-state index in [1.54, 1.807) is 15.3 Å². The van der Waals surface area contributed by atoms with Gasteiger partial charge < -0.3 is 9.42 Å². The van der Waals surface area contributed by atoms with Crippen LogP contribution in [0.1, 0.15) is 48.4 Å². The molecule has 0 bridgehead atoms. The van der Waals surface area contributed by atoms with E-state index in [2.05, 4.69) is 21.1 Å². The number of hydrogen-bond donors (Lipinski definition) is 0. The highest BCUT2D eigenvalue weighted by molar-refractivity contribution is 9.10. The van der Waals surface area contributed by atoms with Crippen LogP contribution < -0.4 is 4.90 Å². The predicted octanol–water partition coefficient (Wildman–Crippen LogP) is 3.49. The van der Waals surface area contributed by atoms with Crippen LogP contribution in [0.5, 0.6) is 0 Å². The fourth-order valence-electron chi connectivity index (χ4n) is 4.32. The van der Waals surface area contributed by atoms with Crippen molar-refractivity contribution in [3.63, 3.8) is 0 Å². The van der Waals surface area contributed by atoms with Gasteiger partial charge in [-0.25, -0.2) is 8.42 Å². The van der Waals surface area contributed by atoms with Crippen molar-refractivity contribution in [3.05, 3.63) is 39.2 Å². The van der Waals surface area contributed by atoms with Crippen molar-refractivity contribution in [2.75, 3.05) is 18.0 Å². The maximum absolute atomic E-state index is 13.6. The molecule has 150 valence electrons. The van der Waals surface area contributed by atoms with Gasteiger partial charge in [0.2, 0.25) is 15.9 Å². The number of amides is 1. The van der Waals surface area contributed by atoms with Crippen molar-refractivity contribution in [2.24, 2.45) is 0 Å². The summed E-state index contributed by atoms with van der Waals surface area (Å²) in [6.45, 7) is 6.17. The molecule has 0 N–H and O–H groups in total. The molecule has 9 heteroatoms. The fourth-order valence-corrected chi connectivity index (χ4v) is 7.06. The van der Waals surface area contributed by atoms with Gasteiger partial charge in [-0.2, -0.15) is 4.31 Å². The molecule has 1 aromatic carbocycles. The monoisotopic (exact) mass is 467 g/mol. The van der Waals surface area contributed by atoms with E-state index in [0.717, 1.165) is 36.1 Å². The fraction of sp³-hybridized carbons (Fsp3) is 0.474. The standard InChI is InChI=1S/C19H22BrN3O4S/c1-11-19(12(2)27-21-11)16-5-4-7-23(16)28(25,26)18-10-17-14(9-15(18)20)6-8-22(17)13(3)24/h9-10,16H,4-8H2,1-3H3. The van der Waals surface area contributed by atoms with Crippen molar-refractivity contribution in [2.45, 2.75) is 51.0 Å². The molecule has 2 aromatic rings. The number of rotatable bonds is 3. The van der Waals surface area contributed by atoms with Crippen LogP contribution in [0.4, 0.5) is 5.69 Å². The van der Waals surface area contributed by atoms with E-state index in [4.69, 9.17) is 4.52 Å². The minimum atomic E-state index is -3.77. The minimum absolute atomic E-state index is 0.0841. The summed E-state index contributed by atoms with van der Waals surface area (Å²) in [5, 5.41) is 3.99. The van der Waals surface area contributed by atoms with Crippen LogP contribution in [0.15, 0.2) is 26.0 Å². The second-order valence-corrected chi connectivity index (χ2v) is 10.1. The van der Waals surface area contributed by atoms with Crippen LogP contribution in [-0.4, -0.2) is 36.9 Å². The summed E-state index contributed by atoms with van der Waals surface area (Å²) in [6, 6.07) is 3.16. The van der Waals surface area contributed by atoms with Gasteiger partial charge in [0.15, 0.2) is 0 Å². The zero-order valence-corrected chi connectivity index (χ0v) is 18.4. The summed E-state index contributed by atoms with van der Waals surface area (Å²) in [4.78, 5) is 13.8. The molecule has 0 spiro atoms. The van der Waals surface area contributed by atoms with E-state index < -0.39 is 10.0 Å². The van der Waals surface area contributed by atoms with Crippen LogP contribution in [0.3, 0.4) is 0 Å². The Kier molecular flexibility index (Phi) is 4.87. The molecule has 2 aliphatic rings. The molecular formula is C19H22BrN3O4S. The van der Waals surface area contributed by atoms with Crippen LogP contribution in [0.25, 0.3) is 0 Å². The number of carbonyl (C=O) groups excluding carboxylic acids is 1. The zero-order valence-electron chi connectivity index (χ0n) is 16.0. The number of sulfonamides is 1. The van der Waals surface area contributed by atoms with E-state index in [1.807, 2.05) is 19.9 Å². The summed E-state index contributed by atoms with van der Waals surface area (Å²) >= 11 is 3.45. The zero-order chi connectivity index (χ0) is 20.2. The average molecular weight is 468 g/mol. The van der Waals surface area contributed by atoms with Crippen molar-refractivity contribution in [3.8, 4) is 0 Å². The molecule has 1 amide bonds. The average Bonchev–Trinajstić information content (AvgIpc) is 3.32. The lowest BCUT2D eigenvalue weighted by Crippen LogP contribution is -2.32. The lowest BCUT2D eigenvalue weighted by Gasteiger charge is -2.25. The first-order valence-electron chi connectivity index (χ1n) is 9.27. The SMILES string of the molecule is CC(=O)N1CCc2cc(Br)c(S(=O)(=O)N3CCCC3c3c(C)noc3C)cc21. The van der Waals surface area contributed by atoms with Gasteiger partial charge in [-0.05, 0) is 66.7 Å². The number of aromatic nitrogens is 1. The van der Waals surface area contributed by atoms with Crippen molar-refractivity contribution >= 4 is 37.5 Å². The van der Waals surface area contributed by atoms with E-state index in [9.17, 15) is 13.2 Å². The summed E-state index contributed by atoms with van der Waals surface area (Å²) < 4.78 is 34.5. The molecule has 3 heterocycles. The van der Waals surface area contributed by atoms with E-state index >= 15 is 0 Å². The Labute approximate surface area is 172 Å². The second-order valence-electron chi connectivity index (χ2n) is 7.34. The summed E-state index contributed by atoms with van der Waals surface area (Å²) in [7, 11) is -3.77. The number of anilines is 1. The molecule has 1 unspecified atom stereocenters. The highest BCUT2D eigenvalue weighted by Gasteiger charge is 2.40. The van der Waals surface area contributed by atoms with E-state index in [-0.39, 0.29) is 16.8 Å². The normalized spacial score (nSPS) is 20.0. The van der Waals surface area contributed by atoms with Crippen molar-refractivity contribution in [1.82, 2.24) is 9.46 Å². The molecule has 1 saturated heterocycles. The van der Waals surface area contributed by atoms with Crippen LogP contribution in [0, 0.1) is 13.8 Å². The van der Waals surface area contributed by atoms with Gasteiger partial charge in [0, 0.05) is 35.7 Å². The Morgan fingerprint density at radius 1 is 1.29 bits per heavy atom. The number of nitrogens with zero attached hydrogens (tertiary/aromatic N) is 3. The molecule has 1 atom stereocenters. The third-order valence-corrected chi connectivity index (χ3v) is 8.49. The van der Waals surface area contributed by atoms with Gasteiger partial charge in [-0.15, -0.1) is 0 Å². The lowest BCUT2D eigenvalue weighted by atomic mass is 10.0. The number of fused-ring (bicyclic) bond motifs is 1. The van der Waals surface area contributed by atoms with Crippen molar-refractivity contribution in [1.29, 1.82) is 0 Å². The number of aryl methyl sites for hydroxylation is 2. The Hall–Kier alpha value is -1.71. The third kappa shape index (κ3) is 3.00. The highest BCUT2D eigenvalue weighted by Crippen LogP contribution is 2.42. The minimum Gasteiger partial charge on any atom is -0.361 e. The molecular weight excluding hydrogens is 446 g/mol. The van der Waals surface area contributed by atoms with E-state index in [0.29, 0.717) is 29.0 Å². The van der Waals surface area contributed by atoms with Crippen molar-refractivity contribution < 1.29 is 17.7 Å². The molecule has 1 fully saturated rings. The largest absolute Gasteiger partial charge is 0.361 e. The third-order valence-electron chi connectivity index (χ3n) is 5.62. The number of carbonyl (C=O) groups is 1. The Balaban J connectivity index is 1.79. The molecule has 2 aliphatic heterocycles. The van der Waals surface area contributed by atoms with Gasteiger partial charge in [0.05, 0.1) is 16.6 Å². The molecule has 28 heavy (non-hydrogen) atoms. The van der Waals surface area contributed by atoms with Gasteiger partial charge in [-0.3, -0.25) is 4.79 Å². The molecule has 1 aromatic heterocycles. The molecule has 0 saturated carbocycles. The number of hydrogen-bond acceptors (Lipinski definition) is 5. The maximum atomic E-state index is 13.6. The second kappa shape index (κ2) is 6.96. The Bertz CT molecular complexity index is 1040. The Morgan fingerprint density at radius 3 is 2.68 bits per heavy atom. The smallest absolute Gasteiger partial charge is 0.244 e.